The summed E-state index contributed by atoms with van der Waals surface area (Å²) in [7, 11) is -2.64. The van der Waals surface area contributed by atoms with Gasteiger partial charge < -0.3 is 0 Å². The van der Waals surface area contributed by atoms with Gasteiger partial charge in [0, 0.05) is 0 Å². The molecule has 0 nitrogen and oxygen atoms in total. The van der Waals surface area contributed by atoms with Crippen molar-refractivity contribution in [1.29, 1.82) is 0 Å². The Morgan fingerprint density at radius 2 is 0.578 bits per heavy atom. The Hall–Kier alpha value is -4.98. The van der Waals surface area contributed by atoms with E-state index in [9.17, 15) is 0 Å². The van der Waals surface area contributed by atoms with Crippen molar-refractivity contribution < 1.29 is 0 Å². The number of hydrogen-bond acceptors (Lipinski definition) is 0. The maximum atomic E-state index is 2.39. The maximum Gasteiger partial charge on any atom is 0.171 e. The second-order valence-electron chi connectivity index (χ2n) is 11.9. The SMILES string of the molecule is C/C(=C(\C)[Si](/C(C)=C(/C)c1ccc(-c2ccccc2)cc1)(c1ccccc1)c1ccccc1)c1ccc(-c2ccccc2)cc1. The predicted molar refractivity (Wildman–Crippen MR) is 198 cm³/mol. The normalized spacial score (nSPS) is 12.7. The van der Waals surface area contributed by atoms with E-state index in [-0.39, 0.29) is 0 Å². The second kappa shape index (κ2) is 13.3. The van der Waals surface area contributed by atoms with Crippen molar-refractivity contribution in [2.24, 2.45) is 0 Å². The van der Waals surface area contributed by atoms with Crippen LogP contribution in [0.4, 0.5) is 0 Å². The van der Waals surface area contributed by atoms with E-state index in [0.29, 0.717) is 0 Å². The topological polar surface area (TPSA) is 0 Å². The predicted octanol–water partition coefficient (Wildman–Crippen LogP) is 10.6. The molecule has 0 saturated carbocycles. The minimum atomic E-state index is -2.64. The largest absolute Gasteiger partial charge is 0.171 e. The van der Waals surface area contributed by atoms with E-state index < -0.39 is 8.07 Å². The fourth-order valence-electron chi connectivity index (χ4n) is 6.77. The van der Waals surface area contributed by atoms with Gasteiger partial charge in [-0.3, -0.25) is 0 Å². The summed E-state index contributed by atoms with van der Waals surface area (Å²) in [4.78, 5) is 0. The van der Waals surface area contributed by atoms with Crippen molar-refractivity contribution in [1.82, 2.24) is 0 Å². The molecule has 6 aromatic carbocycles. The molecule has 6 rings (SSSR count). The van der Waals surface area contributed by atoms with E-state index in [4.69, 9.17) is 0 Å². The molecule has 0 aromatic heterocycles. The van der Waals surface area contributed by atoms with Gasteiger partial charge in [-0.1, -0.05) is 180 Å². The zero-order valence-corrected chi connectivity index (χ0v) is 27.7. The van der Waals surface area contributed by atoms with Gasteiger partial charge in [-0.2, -0.15) is 0 Å². The number of allylic oxidation sites excluding steroid dienone is 4. The van der Waals surface area contributed by atoms with Crippen LogP contribution < -0.4 is 10.4 Å². The summed E-state index contributed by atoms with van der Waals surface area (Å²) >= 11 is 0. The van der Waals surface area contributed by atoms with E-state index >= 15 is 0 Å². The Morgan fingerprint density at radius 3 is 0.889 bits per heavy atom. The average molecular weight is 597 g/mol. The first-order valence-corrected chi connectivity index (χ1v) is 17.8. The van der Waals surface area contributed by atoms with Crippen LogP contribution in [0.1, 0.15) is 38.8 Å². The highest BCUT2D eigenvalue weighted by Crippen LogP contribution is 2.35. The van der Waals surface area contributed by atoms with Gasteiger partial charge in [-0.25, -0.2) is 0 Å². The van der Waals surface area contributed by atoms with Crippen molar-refractivity contribution in [3.05, 3.63) is 191 Å². The van der Waals surface area contributed by atoms with E-state index in [1.54, 1.807) is 0 Å². The third-order valence-electron chi connectivity index (χ3n) is 9.51. The molecular formula is C44H40Si. The van der Waals surface area contributed by atoms with Gasteiger partial charge in [0.25, 0.3) is 0 Å². The van der Waals surface area contributed by atoms with E-state index in [1.807, 2.05) is 0 Å². The van der Waals surface area contributed by atoms with E-state index in [0.717, 1.165) is 0 Å². The van der Waals surface area contributed by atoms with Crippen LogP contribution in [0.2, 0.25) is 0 Å². The zero-order valence-electron chi connectivity index (χ0n) is 26.7. The molecule has 0 atom stereocenters. The molecule has 0 saturated heterocycles. The molecule has 0 N–H and O–H groups in total. The van der Waals surface area contributed by atoms with Crippen molar-refractivity contribution >= 4 is 29.6 Å². The maximum absolute atomic E-state index is 2.64. The highest BCUT2D eigenvalue weighted by molar-refractivity contribution is 7.13. The molecule has 0 unspecified atom stereocenters. The molecule has 0 spiro atoms. The summed E-state index contributed by atoms with van der Waals surface area (Å²) in [5.74, 6) is 0. The minimum absolute atomic E-state index is 1.24. The fraction of sp³-hybridized carbons (Fsp3) is 0.0909. The molecule has 6 aromatic rings. The second-order valence-corrected chi connectivity index (χ2v) is 16.0. The first-order valence-electron chi connectivity index (χ1n) is 15.8. The first-order chi connectivity index (χ1) is 22.0. The fourth-order valence-corrected chi connectivity index (χ4v) is 12.2. The molecule has 0 aliphatic heterocycles. The van der Waals surface area contributed by atoms with Crippen molar-refractivity contribution in [2.75, 3.05) is 0 Å². The Bertz CT molecular complexity index is 1770. The van der Waals surface area contributed by atoms with Gasteiger partial charge in [0.1, 0.15) is 0 Å². The van der Waals surface area contributed by atoms with Gasteiger partial charge in [0.2, 0.25) is 0 Å². The summed E-state index contributed by atoms with van der Waals surface area (Å²) in [5.41, 5.74) is 10.2. The highest BCUT2D eigenvalue weighted by Gasteiger charge is 2.43. The summed E-state index contributed by atoms with van der Waals surface area (Å²) < 4.78 is 0. The first kappa shape index (κ1) is 30.1. The van der Waals surface area contributed by atoms with Crippen LogP contribution in [0, 0.1) is 0 Å². The smallest absolute Gasteiger partial charge is 0.0672 e. The Kier molecular flexibility index (Phi) is 8.91. The Balaban J connectivity index is 1.54. The van der Waals surface area contributed by atoms with Gasteiger partial charge in [0.05, 0.1) is 0 Å². The van der Waals surface area contributed by atoms with Gasteiger partial charge >= 0.3 is 0 Å². The molecular weight excluding hydrogens is 557 g/mol. The third-order valence-corrected chi connectivity index (χ3v) is 14.9. The van der Waals surface area contributed by atoms with Crippen molar-refractivity contribution in [3.8, 4) is 22.3 Å². The molecule has 220 valence electrons. The van der Waals surface area contributed by atoms with Crippen LogP contribution in [-0.2, 0) is 0 Å². The highest BCUT2D eigenvalue weighted by atomic mass is 28.3. The minimum Gasteiger partial charge on any atom is -0.0672 e. The molecule has 45 heavy (non-hydrogen) atoms. The Labute approximate surface area is 270 Å². The molecule has 0 aliphatic rings. The lowest BCUT2D eigenvalue weighted by Crippen LogP contribution is -2.61. The summed E-state index contributed by atoms with van der Waals surface area (Å²) in [5, 5.41) is 5.74. The number of hydrogen-bond donors (Lipinski definition) is 0. The van der Waals surface area contributed by atoms with Gasteiger partial charge in [-0.15, -0.1) is 0 Å². The summed E-state index contributed by atoms with van der Waals surface area (Å²) in [6, 6.07) is 62.0. The molecule has 1 heteroatoms. The van der Waals surface area contributed by atoms with Crippen LogP contribution in [0.5, 0.6) is 0 Å². The van der Waals surface area contributed by atoms with E-state index in [1.165, 1.54) is 65.3 Å². The van der Waals surface area contributed by atoms with Crippen molar-refractivity contribution in [2.45, 2.75) is 27.7 Å². The van der Waals surface area contributed by atoms with Gasteiger partial charge in [-0.05, 0) is 82.6 Å². The summed E-state index contributed by atoms with van der Waals surface area (Å²) in [6.45, 7) is 9.42. The molecule has 0 bridgehead atoms. The monoisotopic (exact) mass is 596 g/mol. The van der Waals surface area contributed by atoms with Crippen LogP contribution in [-0.4, -0.2) is 8.07 Å². The van der Waals surface area contributed by atoms with E-state index in [2.05, 4.69) is 198 Å². The van der Waals surface area contributed by atoms with Crippen LogP contribution in [0.15, 0.2) is 180 Å². The Morgan fingerprint density at radius 1 is 0.311 bits per heavy atom. The molecule has 0 radical (unpaired) electrons. The lowest BCUT2D eigenvalue weighted by atomic mass is 10.0. The molecule has 0 aliphatic carbocycles. The molecule has 0 fully saturated rings. The number of benzene rings is 6. The molecule has 0 heterocycles. The number of rotatable bonds is 8. The van der Waals surface area contributed by atoms with Gasteiger partial charge in [0.15, 0.2) is 8.07 Å². The summed E-state index contributed by atoms with van der Waals surface area (Å²) in [6.07, 6.45) is 0. The lowest BCUT2D eigenvalue weighted by molar-refractivity contribution is 1.44. The molecule has 0 amide bonds. The van der Waals surface area contributed by atoms with Crippen LogP contribution in [0.3, 0.4) is 0 Å². The average Bonchev–Trinajstić information content (AvgIpc) is 3.13. The van der Waals surface area contributed by atoms with Crippen molar-refractivity contribution in [3.63, 3.8) is 0 Å². The lowest BCUT2D eigenvalue weighted by Gasteiger charge is -2.38. The third kappa shape index (κ3) is 5.92. The zero-order chi connectivity index (χ0) is 31.2. The quantitative estimate of drug-likeness (QED) is 0.153. The van der Waals surface area contributed by atoms with Crippen LogP contribution in [0.25, 0.3) is 33.4 Å². The standard InChI is InChI=1S/C44H40Si/c1-33(37-25-29-41(30-26-37)39-17-9-5-10-18-39)35(3)45(43-21-13-7-14-22-43,44-23-15-8-16-24-44)36(4)34(2)38-27-31-42(32-28-38)40-19-11-6-12-20-40/h5-32H,1-4H3/b35-33-,36-34-. The van der Waals surface area contributed by atoms with Crippen LogP contribution >= 0.6 is 0 Å².